The van der Waals surface area contributed by atoms with Crippen molar-refractivity contribution < 1.29 is 0 Å². The van der Waals surface area contributed by atoms with Gasteiger partial charge in [0.25, 0.3) is 0 Å². The van der Waals surface area contributed by atoms with Crippen LogP contribution in [0.1, 0.15) is 50.8 Å². The summed E-state index contributed by atoms with van der Waals surface area (Å²) in [5, 5.41) is 0.533. The fourth-order valence-electron chi connectivity index (χ4n) is 4.40. The van der Waals surface area contributed by atoms with Gasteiger partial charge in [-0.15, -0.1) is 0 Å². The van der Waals surface area contributed by atoms with Gasteiger partial charge in [0.1, 0.15) is 11.0 Å². The molecule has 0 N–H and O–H groups in total. The van der Waals surface area contributed by atoms with Crippen LogP contribution >= 0.6 is 11.6 Å². The quantitative estimate of drug-likeness (QED) is 0.191. The Hall–Kier alpha value is -2.95. The fourth-order valence-corrected chi connectivity index (χ4v) is 4.52. The van der Waals surface area contributed by atoms with Crippen molar-refractivity contribution in [3.8, 4) is 22.6 Å². The van der Waals surface area contributed by atoms with Crippen LogP contribution in [0.2, 0.25) is 5.15 Å². The van der Waals surface area contributed by atoms with E-state index in [1.54, 1.807) is 0 Å². The number of rotatable bonds is 12. The molecule has 35 heavy (non-hydrogen) atoms. The number of halogens is 1. The van der Waals surface area contributed by atoms with E-state index in [0.29, 0.717) is 5.15 Å². The average molecular weight is 487 g/mol. The number of hydrogen-bond donors (Lipinski definition) is 0. The van der Waals surface area contributed by atoms with E-state index in [1.165, 1.54) is 16.8 Å². The van der Waals surface area contributed by atoms with E-state index in [1.807, 2.05) is 12.3 Å². The van der Waals surface area contributed by atoms with Crippen molar-refractivity contribution >= 4 is 11.6 Å². The second kappa shape index (κ2) is 12.7. The van der Waals surface area contributed by atoms with Crippen LogP contribution in [0.5, 0.6) is 0 Å². The Balaban J connectivity index is 1.78. The number of pyridine rings is 1. The summed E-state index contributed by atoms with van der Waals surface area (Å²) in [7, 11) is 0. The highest BCUT2D eigenvalue weighted by Gasteiger charge is 2.21. The molecule has 0 aliphatic rings. The lowest BCUT2D eigenvalue weighted by Gasteiger charge is -2.24. The predicted molar refractivity (Wildman–Crippen MR) is 146 cm³/mol. The molecule has 0 atom stereocenters. The molecular formula is C30H35ClN4. The van der Waals surface area contributed by atoms with Gasteiger partial charge in [0.2, 0.25) is 0 Å². The lowest BCUT2D eigenvalue weighted by Crippen LogP contribution is -2.26. The molecule has 0 saturated heterocycles. The van der Waals surface area contributed by atoms with E-state index in [2.05, 4.69) is 95.0 Å². The third-order valence-electron chi connectivity index (χ3n) is 6.28. The summed E-state index contributed by atoms with van der Waals surface area (Å²) in [6.07, 6.45) is 6.46. The van der Waals surface area contributed by atoms with Gasteiger partial charge >= 0.3 is 0 Å². The topological polar surface area (TPSA) is 34.0 Å². The molecule has 0 aliphatic carbocycles. The molecule has 0 bridgehead atoms. The molecule has 4 rings (SSSR count). The number of nitrogens with zero attached hydrogens (tertiary/aromatic N) is 4. The van der Waals surface area contributed by atoms with Crippen LogP contribution in [0.25, 0.3) is 22.6 Å². The van der Waals surface area contributed by atoms with E-state index < -0.39 is 0 Å². The van der Waals surface area contributed by atoms with Gasteiger partial charge in [0.05, 0.1) is 11.4 Å². The largest absolute Gasteiger partial charge is 0.326 e. The van der Waals surface area contributed by atoms with Crippen molar-refractivity contribution in [2.24, 2.45) is 0 Å². The summed E-state index contributed by atoms with van der Waals surface area (Å²) < 4.78 is 2.46. The maximum atomic E-state index is 6.04. The Morgan fingerprint density at radius 2 is 1.49 bits per heavy atom. The van der Waals surface area contributed by atoms with Gasteiger partial charge in [0, 0.05) is 37.0 Å². The summed E-state index contributed by atoms with van der Waals surface area (Å²) in [6.45, 7) is 8.13. The number of imidazole rings is 1. The summed E-state index contributed by atoms with van der Waals surface area (Å²) >= 11 is 6.04. The molecule has 0 fully saturated rings. The molecule has 0 amide bonds. The van der Waals surface area contributed by atoms with Gasteiger partial charge in [0.15, 0.2) is 0 Å². The molecule has 4 nitrogen and oxygen atoms in total. The Bertz CT molecular complexity index is 1170. The van der Waals surface area contributed by atoms with Crippen LogP contribution < -0.4 is 0 Å². The predicted octanol–water partition coefficient (Wildman–Crippen LogP) is 7.87. The monoisotopic (exact) mass is 486 g/mol. The third-order valence-corrected chi connectivity index (χ3v) is 6.51. The molecule has 0 unspecified atom stereocenters. The Kier molecular flexibility index (Phi) is 9.10. The lowest BCUT2D eigenvalue weighted by atomic mass is 10.1. The first-order chi connectivity index (χ1) is 17.2. The highest BCUT2D eigenvalue weighted by atomic mass is 35.5. The van der Waals surface area contributed by atoms with Gasteiger partial charge in [-0.25, -0.2) is 9.97 Å². The minimum absolute atomic E-state index is 0.533. The van der Waals surface area contributed by atoms with Gasteiger partial charge in [-0.1, -0.05) is 105 Å². The normalized spacial score (nSPS) is 11.3. The molecular weight excluding hydrogens is 452 g/mol. The first-order valence-corrected chi connectivity index (χ1v) is 13.1. The zero-order valence-electron chi connectivity index (χ0n) is 20.8. The smallest absolute Gasteiger partial charge is 0.140 e. The highest BCUT2D eigenvalue weighted by Crippen LogP contribution is 2.31. The molecule has 2 aromatic heterocycles. The standard InChI is InChI=1S/C30H35ClN4/c1-3-5-19-34(22-24-17-18-28(31)32-21-24)23-27-29(25-13-9-7-10-14-25)33-30(35(27)20-6-4-2)26-15-11-8-12-16-26/h7-18,21H,3-6,19-20,22-23H2,1-2H3. The molecule has 5 heteroatoms. The number of benzene rings is 2. The minimum Gasteiger partial charge on any atom is -0.326 e. The first-order valence-electron chi connectivity index (χ1n) is 12.7. The molecule has 0 radical (unpaired) electrons. The second-order valence-electron chi connectivity index (χ2n) is 9.02. The SMILES string of the molecule is CCCCN(Cc1ccc(Cl)nc1)Cc1c(-c2ccccc2)nc(-c2ccccc2)n1CCCC. The second-order valence-corrected chi connectivity index (χ2v) is 9.41. The van der Waals surface area contributed by atoms with Gasteiger partial charge in [-0.05, 0) is 31.0 Å². The lowest BCUT2D eigenvalue weighted by molar-refractivity contribution is 0.246. The van der Waals surface area contributed by atoms with Gasteiger partial charge in [-0.2, -0.15) is 0 Å². The van der Waals surface area contributed by atoms with Crippen LogP contribution in [-0.4, -0.2) is 26.0 Å². The molecule has 0 spiro atoms. The van der Waals surface area contributed by atoms with Crippen molar-refractivity contribution in [1.82, 2.24) is 19.4 Å². The van der Waals surface area contributed by atoms with Gasteiger partial charge in [-0.3, -0.25) is 4.90 Å². The Labute approximate surface area is 214 Å². The van der Waals surface area contributed by atoms with Crippen molar-refractivity contribution in [3.05, 3.63) is 95.4 Å². The minimum atomic E-state index is 0.533. The third kappa shape index (κ3) is 6.59. The van der Waals surface area contributed by atoms with E-state index in [-0.39, 0.29) is 0 Å². The van der Waals surface area contributed by atoms with E-state index in [4.69, 9.17) is 16.6 Å². The molecule has 4 aromatic rings. The van der Waals surface area contributed by atoms with E-state index >= 15 is 0 Å². The van der Waals surface area contributed by atoms with Crippen molar-refractivity contribution in [2.45, 2.75) is 59.2 Å². The van der Waals surface area contributed by atoms with Crippen molar-refractivity contribution in [2.75, 3.05) is 6.54 Å². The Morgan fingerprint density at radius 3 is 2.11 bits per heavy atom. The van der Waals surface area contributed by atoms with E-state index in [9.17, 15) is 0 Å². The zero-order chi connectivity index (χ0) is 24.5. The maximum absolute atomic E-state index is 6.04. The van der Waals surface area contributed by atoms with Crippen LogP contribution in [0, 0.1) is 0 Å². The summed E-state index contributed by atoms with van der Waals surface area (Å²) in [4.78, 5) is 12.1. The van der Waals surface area contributed by atoms with Crippen LogP contribution in [0.4, 0.5) is 0 Å². The molecule has 0 saturated carbocycles. The molecule has 0 aliphatic heterocycles. The first kappa shape index (κ1) is 25.2. The van der Waals surface area contributed by atoms with E-state index in [0.717, 1.165) is 68.9 Å². The summed E-state index contributed by atoms with van der Waals surface area (Å²) in [6, 6.07) is 25.1. The van der Waals surface area contributed by atoms with Crippen LogP contribution in [0.15, 0.2) is 79.0 Å². The molecule has 2 heterocycles. The molecule has 182 valence electrons. The van der Waals surface area contributed by atoms with Crippen LogP contribution in [-0.2, 0) is 19.6 Å². The number of aromatic nitrogens is 3. The fraction of sp³-hybridized carbons (Fsp3) is 0.333. The molecule has 2 aromatic carbocycles. The van der Waals surface area contributed by atoms with Crippen molar-refractivity contribution in [3.63, 3.8) is 0 Å². The summed E-state index contributed by atoms with van der Waals surface area (Å²) in [5.74, 6) is 1.05. The maximum Gasteiger partial charge on any atom is 0.140 e. The number of hydrogen-bond acceptors (Lipinski definition) is 3. The number of unbranched alkanes of at least 4 members (excludes halogenated alkanes) is 2. The average Bonchev–Trinajstić information content (AvgIpc) is 3.26. The summed E-state index contributed by atoms with van der Waals surface area (Å²) in [5.41, 5.74) is 5.86. The Morgan fingerprint density at radius 1 is 0.800 bits per heavy atom. The van der Waals surface area contributed by atoms with Crippen LogP contribution in [0.3, 0.4) is 0 Å². The van der Waals surface area contributed by atoms with Crippen molar-refractivity contribution in [1.29, 1.82) is 0 Å². The zero-order valence-corrected chi connectivity index (χ0v) is 21.6. The van der Waals surface area contributed by atoms with Gasteiger partial charge < -0.3 is 4.57 Å². The highest BCUT2D eigenvalue weighted by molar-refractivity contribution is 6.29.